The lowest BCUT2D eigenvalue weighted by atomic mass is 10.1. The Kier molecular flexibility index (Phi) is 2.38. The predicted octanol–water partition coefficient (Wildman–Crippen LogP) is 3.07. The number of hydrogen-bond donors (Lipinski definition) is 0. The standard InChI is InChI=1S/C11H6F3NO/c12-11(13,14)9-2-1-3-10-8(9)5-4-7(6-16)15-10/h1-6H. The highest BCUT2D eigenvalue weighted by atomic mass is 19.4. The zero-order chi connectivity index (χ0) is 11.8. The molecule has 0 bridgehead atoms. The van der Waals surface area contributed by atoms with E-state index in [2.05, 4.69) is 4.98 Å². The van der Waals surface area contributed by atoms with Gasteiger partial charge in [0.2, 0.25) is 0 Å². The number of rotatable bonds is 1. The van der Waals surface area contributed by atoms with Crippen molar-refractivity contribution in [2.45, 2.75) is 6.18 Å². The van der Waals surface area contributed by atoms with Crippen molar-refractivity contribution in [1.82, 2.24) is 4.98 Å². The lowest BCUT2D eigenvalue weighted by molar-refractivity contribution is -0.136. The van der Waals surface area contributed by atoms with Crippen molar-refractivity contribution in [3.05, 3.63) is 41.6 Å². The zero-order valence-corrected chi connectivity index (χ0v) is 7.95. The molecule has 2 aromatic rings. The van der Waals surface area contributed by atoms with Gasteiger partial charge >= 0.3 is 6.18 Å². The number of aldehydes is 1. The van der Waals surface area contributed by atoms with Crippen LogP contribution in [0.1, 0.15) is 16.1 Å². The summed E-state index contributed by atoms with van der Waals surface area (Å²) in [6.07, 6.45) is -3.91. The SMILES string of the molecule is O=Cc1ccc2c(C(F)(F)F)cccc2n1. The summed E-state index contributed by atoms with van der Waals surface area (Å²) < 4.78 is 37.8. The van der Waals surface area contributed by atoms with Crippen LogP contribution in [0.25, 0.3) is 10.9 Å². The fourth-order valence-corrected chi connectivity index (χ4v) is 1.48. The van der Waals surface area contributed by atoms with Crippen molar-refractivity contribution >= 4 is 17.2 Å². The average Bonchev–Trinajstić information content (AvgIpc) is 2.26. The highest BCUT2D eigenvalue weighted by Gasteiger charge is 2.32. The first-order valence-corrected chi connectivity index (χ1v) is 4.44. The van der Waals surface area contributed by atoms with Gasteiger partial charge in [0, 0.05) is 5.39 Å². The molecule has 0 radical (unpaired) electrons. The van der Waals surface area contributed by atoms with Gasteiger partial charge in [-0.15, -0.1) is 0 Å². The molecule has 0 aliphatic heterocycles. The quantitative estimate of drug-likeness (QED) is 0.698. The van der Waals surface area contributed by atoms with E-state index in [-0.39, 0.29) is 16.6 Å². The first kappa shape index (κ1) is 10.6. The van der Waals surface area contributed by atoms with Crippen molar-refractivity contribution in [3.63, 3.8) is 0 Å². The van der Waals surface area contributed by atoms with E-state index >= 15 is 0 Å². The second-order valence-electron chi connectivity index (χ2n) is 3.22. The van der Waals surface area contributed by atoms with Crippen LogP contribution in [-0.4, -0.2) is 11.3 Å². The predicted molar refractivity (Wildman–Crippen MR) is 52.1 cm³/mol. The average molecular weight is 225 g/mol. The zero-order valence-electron chi connectivity index (χ0n) is 7.95. The summed E-state index contributed by atoms with van der Waals surface area (Å²) in [6, 6.07) is 6.23. The number of benzene rings is 1. The van der Waals surface area contributed by atoms with Crippen molar-refractivity contribution < 1.29 is 18.0 Å². The van der Waals surface area contributed by atoms with Crippen LogP contribution >= 0.6 is 0 Å². The maximum atomic E-state index is 12.6. The monoisotopic (exact) mass is 225 g/mol. The Morgan fingerprint density at radius 1 is 1.12 bits per heavy atom. The van der Waals surface area contributed by atoms with Gasteiger partial charge in [0.1, 0.15) is 5.69 Å². The van der Waals surface area contributed by atoms with Crippen LogP contribution in [0.3, 0.4) is 0 Å². The Bertz CT molecular complexity index is 548. The van der Waals surface area contributed by atoms with E-state index < -0.39 is 11.7 Å². The number of aromatic nitrogens is 1. The van der Waals surface area contributed by atoms with Gasteiger partial charge in [-0.1, -0.05) is 6.07 Å². The second kappa shape index (κ2) is 3.59. The second-order valence-corrected chi connectivity index (χ2v) is 3.22. The summed E-state index contributed by atoms with van der Waals surface area (Å²) in [5.41, 5.74) is -0.457. The lowest BCUT2D eigenvalue weighted by Gasteiger charge is -2.09. The molecule has 0 saturated heterocycles. The van der Waals surface area contributed by atoms with E-state index in [1.165, 1.54) is 24.3 Å². The van der Waals surface area contributed by atoms with E-state index in [9.17, 15) is 18.0 Å². The van der Waals surface area contributed by atoms with Crippen molar-refractivity contribution in [1.29, 1.82) is 0 Å². The molecule has 1 heterocycles. The minimum Gasteiger partial charge on any atom is -0.296 e. The van der Waals surface area contributed by atoms with Crippen molar-refractivity contribution in [2.24, 2.45) is 0 Å². The Morgan fingerprint density at radius 3 is 2.50 bits per heavy atom. The fraction of sp³-hybridized carbons (Fsp3) is 0.0909. The Balaban J connectivity index is 2.74. The van der Waals surface area contributed by atoms with Gasteiger partial charge in [-0.3, -0.25) is 4.79 Å². The van der Waals surface area contributed by atoms with Gasteiger partial charge in [0.25, 0.3) is 0 Å². The lowest BCUT2D eigenvalue weighted by Crippen LogP contribution is -2.06. The summed E-state index contributed by atoms with van der Waals surface area (Å²) in [5, 5.41) is 0.000556. The van der Waals surface area contributed by atoms with E-state index in [4.69, 9.17) is 0 Å². The summed E-state index contributed by atoms with van der Waals surface area (Å²) in [5.74, 6) is 0. The molecule has 2 nitrogen and oxygen atoms in total. The van der Waals surface area contributed by atoms with E-state index in [0.29, 0.717) is 6.29 Å². The first-order valence-electron chi connectivity index (χ1n) is 4.44. The van der Waals surface area contributed by atoms with Crippen LogP contribution < -0.4 is 0 Å². The molecule has 0 amide bonds. The first-order chi connectivity index (χ1) is 7.52. The van der Waals surface area contributed by atoms with Gasteiger partial charge < -0.3 is 0 Å². The molecule has 0 atom stereocenters. The van der Waals surface area contributed by atoms with E-state index in [0.717, 1.165) is 6.07 Å². The molecule has 0 spiro atoms. The third kappa shape index (κ3) is 1.76. The number of carbonyl (C=O) groups excluding carboxylic acids is 1. The summed E-state index contributed by atoms with van der Waals surface area (Å²) >= 11 is 0. The van der Waals surface area contributed by atoms with Crippen molar-refractivity contribution in [3.8, 4) is 0 Å². The molecular weight excluding hydrogens is 219 g/mol. The summed E-state index contributed by atoms with van der Waals surface area (Å²) in [6.45, 7) is 0. The van der Waals surface area contributed by atoms with Crippen LogP contribution in [0.5, 0.6) is 0 Å². The number of fused-ring (bicyclic) bond motifs is 1. The fourth-order valence-electron chi connectivity index (χ4n) is 1.48. The molecule has 0 fully saturated rings. The largest absolute Gasteiger partial charge is 0.417 e. The van der Waals surface area contributed by atoms with Crippen LogP contribution in [0.15, 0.2) is 30.3 Å². The molecule has 0 saturated carbocycles. The minimum atomic E-state index is -4.41. The molecule has 82 valence electrons. The smallest absolute Gasteiger partial charge is 0.296 e. The molecule has 5 heteroatoms. The maximum Gasteiger partial charge on any atom is 0.417 e. The molecule has 0 unspecified atom stereocenters. The van der Waals surface area contributed by atoms with Gasteiger partial charge in [-0.25, -0.2) is 4.98 Å². The molecular formula is C11H6F3NO. The number of hydrogen-bond acceptors (Lipinski definition) is 2. The minimum absolute atomic E-state index is 0.000556. The number of pyridine rings is 1. The van der Waals surface area contributed by atoms with Crippen LogP contribution in [0.4, 0.5) is 13.2 Å². The van der Waals surface area contributed by atoms with Gasteiger partial charge in [0.15, 0.2) is 6.29 Å². The Hall–Kier alpha value is -1.91. The molecule has 0 aliphatic rings. The molecule has 1 aromatic heterocycles. The summed E-state index contributed by atoms with van der Waals surface area (Å²) in [4.78, 5) is 14.2. The highest BCUT2D eigenvalue weighted by molar-refractivity contribution is 5.86. The molecule has 1 aromatic carbocycles. The van der Waals surface area contributed by atoms with Crippen LogP contribution in [0.2, 0.25) is 0 Å². The highest BCUT2D eigenvalue weighted by Crippen LogP contribution is 2.34. The van der Waals surface area contributed by atoms with Crippen molar-refractivity contribution in [2.75, 3.05) is 0 Å². The van der Waals surface area contributed by atoms with Crippen LogP contribution in [0, 0.1) is 0 Å². The van der Waals surface area contributed by atoms with Gasteiger partial charge in [-0.2, -0.15) is 13.2 Å². The summed E-state index contributed by atoms with van der Waals surface area (Å²) in [7, 11) is 0. The number of alkyl halides is 3. The normalized spacial score (nSPS) is 11.7. The number of halogens is 3. The number of nitrogens with zero attached hydrogens (tertiary/aromatic N) is 1. The topological polar surface area (TPSA) is 30.0 Å². The third-order valence-corrected chi connectivity index (χ3v) is 2.18. The van der Waals surface area contributed by atoms with Crippen LogP contribution in [-0.2, 0) is 6.18 Å². The Labute approximate surface area is 88.7 Å². The third-order valence-electron chi connectivity index (χ3n) is 2.18. The molecule has 2 rings (SSSR count). The van der Waals surface area contributed by atoms with Gasteiger partial charge in [0.05, 0.1) is 11.1 Å². The molecule has 0 N–H and O–H groups in total. The molecule has 16 heavy (non-hydrogen) atoms. The Morgan fingerprint density at radius 2 is 1.88 bits per heavy atom. The number of carbonyl (C=O) groups is 1. The molecule has 0 aliphatic carbocycles. The van der Waals surface area contributed by atoms with E-state index in [1.54, 1.807) is 0 Å². The van der Waals surface area contributed by atoms with Gasteiger partial charge in [-0.05, 0) is 24.3 Å². The van der Waals surface area contributed by atoms with E-state index in [1.807, 2.05) is 0 Å². The maximum absolute atomic E-state index is 12.6.